The van der Waals surface area contributed by atoms with E-state index in [-0.39, 0.29) is 0 Å². The van der Waals surface area contributed by atoms with Crippen LogP contribution in [0.1, 0.15) is 63.6 Å². The topological polar surface area (TPSA) is 15.6 Å². The zero-order valence-corrected chi connectivity index (χ0v) is 17.0. The zero-order valence-electron chi connectivity index (χ0n) is 17.0. The summed E-state index contributed by atoms with van der Waals surface area (Å²) < 4.78 is 0. The van der Waals surface area contributed by atoms with Crippen molar-refractivity contribution in [2.45, 2.75) is 53.9 Å². The maximum Gasteiger partial charge on any atom is 0.0299 e. The molecule has 0 fully saturated rings. The third-order valence-electron chi connectivity index (χ3n) is 4.85. The molecule has 0 radical (unpaired) electrons. The van der Waals surface area contributed by atoms with Gasteiger partial charge >= 0.3 is 0 Å². The Morgan fingerprint density at radius 3 is 2.52 bits per heavy atom. The molecule has 0 aliphatic rings. The van der Waals surface area contributed by atoms with Crippen LogP contribution in [0.2, 0.25) is 0 Å². The van der Waals surface area contributed by atoms with Crippen LogP contribution in [0.3, 0.4) is 0 Å². The number of nitrogens with zero attached hydrogens (tertiary/aromatic N) is 2. The Kier molecular flexibility index (Phi) is 8.40. The van der Waals surface area contributed by atoms with Crippen molar-refractivity contribution in [3.05, 3.63) is 65.6 Å². The molecule has 1 aromatic carbocycles. The van der Waals surface area contributed by atoms with E-state index in [1.807, 2.05) is 25.5 Å². The van der Waals surface area contributed by atoms with E-state index in [0.29, 0.717) is 11.8 Å². The van der Waals surface area contributed by atoms with E-state index in [1.165, 1.54) is 28.0 Å². The first-order valence-corrected chi connectivity index (χ1v) is 9.13. The van der Waals surface area contributed by atoms with Crippen LogP contribution in [0, 0.1) is 12.8 Å². The molecule has 0 saturated heterocycles. The number of aryl methyl sites for hydroxylation is 1. The Hall–Kier alpha value is -2.09. The minimum absolute atomic E-state index is 0.466. The SMILES string of the molecule is C=CN(C)/C(=C\C)C(C)CC(C)c1c(C)cccc1/C(C)=C/N=CC. The molecule has 1 aromatic rings. The predicted octanol–water partition coefficient (Wildman–Crippen LogP) is 6.56. The molecule has 0 aliphatic carbocycles. The van der Waals surface area contributed by atoms with Crippen molar-refractivity contribution >= 4 is 11.8 Å². The minimum Gasteiger partial charge on any atom is -0.355 e. The van der Waals surface area contributed by atoms with Gasteiger partial charge in [-0.15, -0.1) is 0 Å². The van der Waals surface area contributed by atoms with Crippen LogP contribution in [0.4, 0.5) is 0 Å². The second kappa shape index (κ2) is 10.0. The van der Waals surface area contributed by atoms with Gasteiger partial charge in [0.2, 0.25) is 0 Å². The molecule has 0 aliphatic heterocycles. The highest BCUT2D eigenvalue weighted by Crippen LogP contribution is 2.34. The lowest BCUT2D eigenvalue weighted by molar-refractivity contribution is 0.428. The fourth-order valence-corrected chi connectivity index (χ4v) is 3.64. The Labute approximate surface area is 154 Å². The molecule has 0 N–H and O–H groups in total. The minimum atomic E-state index is 0.466. The van der Waals surface area contributed by atoms with Gasteiger partial charge < -0.3 is 4.90 Å². The van der Waals surface area contributed by atoms with Crippen molar-refractivity contribution < 1.29 is 0 Å². The molecular weight excluding hydrogens is 304 g/mol. The number of allylic oxidation sites excluding steroid dienone is 3. The van der Waals surface area contributed by atoms with Crippen molar-refractivity contribution in [2.24, 2.45) is 10.9 Å². The summed E-state index contributed by atoms with van der Waals surface area (Å²) in [5.41, 5.74) is 6.63. The van der Waals surface area contributed by atoms with Crippen molar-refractivity contribution in [2.75, 3.05) is 7.05 Å². The second-order valence-corrected chi connectivity index (χ2v) is 6.80. The van der Waals surface area contributed by atoms with Crippen LogP contribution in [0.25, 0.3) is 5.57 Å². The highest BCUT2D eigenvalue weighted by Gasteiger charge is 2.19. The van der Waals surface area contributed by atoms with E-state index < -0.39 is 0 Å². The standard InChI is InChI=1S/C23H34N2/c1-9-22(25(8)11-3)18(5)15-19(6)23-17(4)13-12-14-21(23)20(7)16-24-10-2/h9-14,16,18-19H,3,15H2,1-2,4-8H3/b20-16+,22-9-,24-10?. The van der Waals surface area contributed by atoms with E-state index in [0.717, 1.165) is 6.42 Å². The molecule has 2 nitrogen and oxygen atoms in total. The first-order valence-electron chi connectivity index (χ1n) is 9.13. The summed E-state index contributed by atoms with van der Waals surface area (Å²) >= 11 is 0. The van der Waals surface area contributed by atoms with Gasteiger partial charge in [-0.3, -0.25) is 4.99 Å². The molecule has 136 valence electrons. The van der Waals surface area contributed by atoms with Crippen LogP contribution in [0.5, 0.6) is 0 Å². The van der Waals surface area contributed by atoms with Gasteiger partial charge in [0.15, 0.2) is 0 Å². The normalized spacial score (nSPS) is 15.3. The van der Waals surface area contributed by atoms with Gasteiger partial charge in [0.05, 0.1) is 0 Å². The van der Waals surface area contributed by atoms with Gasteiger partial charge in [-0.25, -0.2) is 0 Å². The number of benzene rings is 1. The fraction of sp³-hybridized carbons (Fsp3) is 0.435. The van der Waals surface area contributed by atoms with Crippen LogP contribution in [-0.2, 0) is 0 Å². The zero-order chi connectivity index (χ0) is 19.0. The van der Waals surface area contributed by atoms with Gasteiger partial charge in [0.25, 0.3) is 0 Å². The van der Waals surface area contributed by atoms with Crippen molar-refractivity contribution in [1.82, 2.24) is 4.90 Å². The molecule has 0 saturated carbocycles. The van der Waals surface area contributed by atoms with Crippen molar-refractivity contribution in [3.8, 4) is 0 Å². The molecule has 0 heterocycles. The molecule has 1 rings (SSSR count). The molecular formula is C23H34N2. The van der Waals surface area contributed by atoms with Crippen LogP contribution < -0.4 is 0 Å². The first-order chi connectivity index (χ1) is 11.9. The average Bonchev–Trinajstić information content (AvgIpc) is 2.59. The second-order valence-electron chi connectivity index (χ2n) is 6.80. The summed E-state index contributed by atoms with van der Waals surface area (Å²) in [6.45, 7) is 16.9. The third kappa shape index (κ3) is 5.45. The van der Waals surface area contributed by atoms with Gasteiger partial charge in [-0.2, -0.15) is 0 Å². The molecule has 2 atom stereocenters. The number of aliphatic imine (C=N–C) groups is 1. The maximum absolute atomic E-state index is 4.30. The van der Waals surface area contributed by atoms with E-state index in [2.05, 4.69) is 82.4 Å². The van der Waals surface area contributed by atoms with Crippen LogP contribution >= 0.6 is 0 Å². The van der Waals surface area contributed by atoms with E-state index in [4.69, 9.17) is 0 Å². The van der Waals surface area contributed by atoms with E-state index in [1.54, 1.807) is 0 Å². The molecule has 0 amide bonds. The summed E-state index contributed by atoms with van der Waals surface area (Å²) in [7, 11) is 2.07. The number of hydrogen-bond acceptors (Lipinski definition) is 2. The molecule has 0 spiro atoms. The summed E-state index contributed by atoms with van der Waals surface area (Å²) in [6, 6.07) is 6.57. The lowest BCUT2D eigenvalue weighted by Crippen LogP contribution is -2.18. The Balaban J connectivity index is 3.17. The molecule has 0 bridgehead atoms. The summed E-state index contributed by atoms with van der Waals surface area (Å²) in [5, 5.41) is 0. The monoisotopic (exact) mass is 338 g/mol. The first kappa shape index (κ1) is 21.0. The Morgan fingerprint density at radius 1 is 1.28 bits per heavy atom. The van der Waals surface area contributed by atoms with Gasteiger partial charge in [0, 0.05) is 25.2 Å². The summed E-state index contributed by atoms with van der Waals surface area (Å²) in [5.74, 6) is 0.932. The largest absolute Gasteiger partial charge is 0.355 e. The summed E-state index contributed by atoms with van der Waals surface area (Å²) in [6.07, 6.45) is 8.95. The number of rotatable bonds is 8. The molecule has 2 unspecified atom stereocenters. The Morgan fingerprint density at radius 2 is 1.96 bits per heavy atom. The quantitative estimate of drug-likeness (QED) is 0.490. The predicted molar refractivity (Wildman–Crippen MR) is 113 cm³/mol. The molecule has 25 heavy (non-hydrogen) atoms. The summed E-state index contributed by atoms with van der Waals surface area (Å²) in [4.78, 5) is 6.42. The van der Waals surface area contributed by atoms with E-state index in [9.17, 15) is 0 Å². The van der Waals surface area contributed by atoms with Gasteiger partial charge in [0.1, 0.15) is 0 Å². The highest BCUT2D eigenvalue weighted by atomic mass is 15.1. The fourth-order valence-electron chi connectivity index (χ4n) is 3.64. The maximum atomic E-state index is 4.30. The smallest absolute Gasteiger partial charge is 0.0299 e. The molecule has 2 heteroatoms. The van der Waals surface area contributed by atoms with Crippen LogP contribution in [0.15, 0.2) is 53.9 Å². The van der Waals surface area contributed by atoms with Crippen molar-refractivity contribution in [1.29, 1.82) is 0 Å². The lowest BCUT2D eigenvalue weighted by Gasteiger charge is -2.28. The highest BCUT2D eigenvalue weighted by molar-refractivity contribution is 5.69. The molecule has 0 aromatic heterocycles. The van der Waals surface area contributed by atoms with Gasteiger partial charge in [-0.1, -0.05) is 44.7 Å². The third-order valence-corrected chi connectivity index (χ3v) is 4.85. The van der Waals surface area contributed by atoms with Crippen LogP contribution in [-0.4, -0.2) is 18.2 Å². The Bertz CT molecular complexity index is 665. The van der Waals surface area contributed by atoms with E-state index >= 15 is 0 Å². The van der Waals surface area contributed by atoms with Gasteiger partial charge in [-0.05, 0) is 74.4 Å². The average molecular weight is 339 g/mol. The van der Waals surface area contributed by atoms with Crippen molar-refractivity contribution in [3.63, 3.8) is 0 Å². The number of hydrogen-bond donors (Lipinski definition) is 0. The lowest BCUT2D eigenvalue weighted by atomic mass is 9.83.